The van der Waals surface area contributed by atoms with E-state index in [4.69, 9.17) is 0 Å². The number of amides is 1. The van der Waals surface area contributed by atoms with E-state index in [1.54, 1.807) is 0 Å². The third-order valence-corrected chi connectivity index (χ3v) is 4.95. The normalized spacial score (nSPS) is 32.6. The monoisotopic (exact) mass is 280 g/mol. The van der Waals surface area contributed by atoms with E-state index in [1.807, 2.05) is 13.8 Å². The predicted octanol–water partition coefficient (Wildman–Crippen LogP) is 3.05. The van der Waals surface area contributed by atoms with Gasteiger partial charge in [-0.1, -0.05) is 27.7 Å². The van der Waals surface area contributed by atoms with E-state index in [-0.39, 0.29) is 5.92 Å². The van der Waals surface area contributed by atoms with Crippen LogP contribution in [0.4, 0.5) is 0 Å². The number of hydrogen-bond acceptors (Lipinski definition) is 2. The molecule has 0 spiro atoms. The molecule has 1 saturated carbocycles. The molecule has 1 amide bonds. The summed E-state index contributed by atoms with van der Waals surface area (Å²) in [6.07, 6.45) is 6.29. The van der Waals surface area contributed by atoms with Crippen LogP contribution in [-0.4, -0.2) is 36.0 Å². The summed E-state index contributed by atoms with van der Waals surface area (Å²) in [5.41, 5.74) is 0. The van der Waals surface area contributed by atoms with E-state index in [0.717, 1.165) is 37.8 Å². The van der Waals surface area contributed by atoms with Crippen molar-refractivity contribution in [3.05, 3.63) is 0 Å². The Labute approximate surface area is 124 Å². The summed E-state index contributed by atoms with van der Waals surface area (Å²) in [7, 11) is 0. The minimum atomic E-state index is 0.138. The number of carbonyl (C=O) groups excluding carboxylic acids is 1. The Bertz CT molecular complexity index is 311. The van der Waals surface area contributed by atoms with Gasteiger partial charge in [-0.15, -0.1) is 0 Å². The molecule has 2 atom stereocenters. The molecule has 2 aliphatic rings. The average Bonchev–Trinajstić information content (AvgIpc) is 2.37. The van der Waals surface area contributed by atoms with E-state index in [0.29, 0.717) is 18.0 Å². The minimum Gasteiger partial charge on any atom is -0.342 e. The van der Waals surface area contributed by atoms with E-state index in [1.165, 1.54) is 19.3 Å². The molecule has 0 radical (unpaired) electrons. The highest BCUT2D eigenvalue weighted by Crippen LogP contribution is 2.29. The standard InChI is InChI=1S/C17H32N2O/c1-12(2)17(20)19-7-5-15(6-8-19)18-16-10-13(3)9-14(4)11-16/h12-16,18H,5-11H2,1-4H3. The second kappa shape index (κ2) is 6.93. The molecule has 0 aromatic heterocycles. The minimum absolute atomic E-state index is 0.138. The van der Waals surface area contributed by atoms with E-state index >= 15 is 0 Å². The van der Waals surface area contributed by atoms with Crippen LogP contribution in [0, 0.1) is 17.8 Å². The van der Waals surface area contributed by atoms with Crippen LogP contribution in [0.1, 0.15) is 59.8 Å². The molecule has 116 valence electrons. The molecule has 0 bridgehead atoms. The summed E-state index contributed by atoms with van der Waals surface area (Å²) >= 11 is 0. The van der Waals surface area contributed by atoms with E-state index in [2.05, 4.69) is 24.1 Å². The molecule has 2 rings (SSSR count). The summed E-state index contributed by atoms with van der Waals surface area (Å²) in [6, 6.07) is 1.32. The zero-order valence-corrected chi connectivity index (χ0v) is 13.7. The number of nitrogens with one attached hydrogen (secondary N) is 1. The Morgan fingerprint density at radius 1 is 1.00 bits per heavy atom. The molecule has 1 aliphatic carbocycles. The summed E-state index contributed by atoms with van der Waals surface area (Å²) < 4.78 is 0. The lowest BCUT2D eigenvalue weighted by molar-refractivity contribution is -0.135. The lowest BCUT2D eigenvalue weighted by Gasteiger charge is -2.38. The van der Waals surface area contributed by atoms with Gasteiger partial charge < -0.3 is 10.2 Å². The van der Waals surface area contributed by atoms with Crippen LogP contribution in [0.15, 0.2) is 0 Å². The molecule has 3 heteroatoms. The van der Waals surface area contributed by atoms with Crippen molar-refractivity contribution in [2.24, 2.45) is 17.8 Å². The van der Waals surface area contributed by atoms with Crippen LogP contribution in [-0.2, 0) is 4.79 Å². The molecule has 0 aromatic carbocycles. The fraction of sp³-hybridized carbons (Fsp3) is 0.941. The maximum atomic E-state index is 12.0. The number of piperidine rings is 1. The predicted molar refractivity (Wildman–Crippen MR) is 83.5 cm³/mol. The number of carbonyl (C=O) groups is 1. The van der Waals surface area contributed by atoms with Crippen molar-refractivity contribution in [3.8, 4) is 0 Å². The highest BCUT2D eigenvalue weighted by Gasteiger charge is 2.28. The van der Waals surface area contributed by atoms with Gasteiger partial charge in [-0.05, 0) is 43.9 Å². The van der Waals surface area contributed by atoms with Gasteiger partial charge in [0.05, 0.1) is 0 Å². The largest absolute Gasteiger partial charge is 0.342 e. The smallest absolute Gasteiger partial charge is 0.225 e. The first-order chi connectivity index (χ1) is 9.45. The van der Waals surface area contributed by atoms with Crippen molar-refractivity contribution >= 4 is 5.91 Å². The van der Waals surface area contributed by atoms with Crippen LogP contribution in [0.5, 0.6) is 0 Å². The van der Waals surface area contributed by atoms with Gasteiger partial charge in [-0.3, -0.25) is 4.79 Å². The van der Waals surface area contributed by atoms with Gasteiger partial charge in [0, 0.05) is 31.1 Å². The molecule has 1 heterocycles. The van der Waals surface area contributed by atoms with Gasteiger partial charge in [0.1, 0.15) is 0 Å². The first-order valence-electron chi connectivity index (χ1n) is 8.50. The molecule has 2 fully saturated rings. The summed E-state index contributed by atoms with van der Waals surface area (Å²) in [5, 5.41) is 3.87. The van der Waals surface area contributed by atoms with Gasteiger partial charge >= 0.3 is 0 Å². The van der Waals surface area contributed by atoms with Crippen LogP contribution in [0.2, 0.25) is 0 Å². The number of likely N-dealkylation sites (tertiary alicyclic amines) is 1. The number of nitrogens with zero attached hydrogens (tertiary/aromatic N) is 1. The number of rotatable bonds is 3. The van der Waals surface area contributed by atoms with Gasteiger partial charge in [-0.25, -0.2) is 0 Å². The third kappa shape index (κ3) is 4.21. The van der Waals surface area contributed by atoms with Crippen molar-refractivity contribution in [1.29, 1.82) is 0 Å². The van der Waals surface area contributed by atoms with Crippen LogP contribution in [0.25, 0.3) is 0 Å². The molecular weight excluding hydrogens is 248 g/mol. The number of hydrogen-bond donors (Lipinski definition) is 1. The van der Waals surface area contributed by atoms with Gasteiger partial charge in [0.2, 0.25) is 5.91 Å². The summed E-state index contributed by atoms with van der Waals surface area (Å²) in [4.78, 5) is 14.0. The molecule has 2 unspecified atom stereocenters. The van der Waals surface area contributed by atoms with Crippen molar-refractivity contribution < 1.29 is 4.79 Å². The average molecular weight is 280 g/mol. The van der Waals surface area contributed by atoms with E-state index < -0.39 is 0 Å². The third-order valence-electron chi connectivity index (χ3n) is 4.95. The molecule has 1 N–H and O–H groups in total. The van der Waals surface area contributed by atoms with E-state index in [9.17, 15) is 4.79 Å². The highest BCUT2D eigenvalue weighted by molar-refractivity contribution is 5.78. The first-order valence-corrected chi connectivity index (χ1v) is 8.50. The van der Waals surface area contributed by atoms with Crippen LogP contribution >= 0.6 is 0 Å². The topological polar surface area (TPSA) is 32.3 Å². The Kier molecular flexibility index (Phi) is 5.48. The maximum Gasteiger partial charge on any atom is 0.225 e. The molecule has 1 saturated heterocycles. The molecule has 1 aliphatic heterocycles. The quantitative estimate of drug-likeness (QED) is 0.862. The lowest BCUT2D eigenvalue weighted by atomic mass is 9.80. The van der Waals surface area contributed by atoms with Gasteiger partial charge in [-0.2, -0.15) is 0 Å². The van der Waals surface area contributed by atoms with Crippen molar-refractivity contribution in [2.75, 3.05) is 13.1 Å². The van der Waals surface area contributed by atoms with Crippen molar-refractivity contribution in [1.82, 2.24) is 10.2 Å². The van der Waals surface area contributed by atoms with Crippen LogP contribution in [0.3, 0.4) is 0 Å². The molecule has 3 nitrogen and oxygen atoms in total. The first kappa shape index (κ1) is 15.8. The Morgan fingerprint density at radius 2 is 1.55 bits per heavy atom. The lowest BCUT2D eigenvalue weighted by Crippen LogP contribution is -2.49. The highest BCUT2D eigenvalue weighted by atomic mass is 16.2. The second-order valence-electron chi connectivity index (χ2n) is 7.54. The molecule has 20 heavy (non-hydrogen) atoms. The fourth-order valence-corrected chi connectivity index (χ4v) is 4.05. The van der Waals surface area contributed by atoms with Gasteiger partial charge in [0.25, 0.3) is 0 Å². The Balaban J connectivity index is 1.75. The van der Waals surface area contributed by atoms with Crippen molar-refractivity contribution in [3.63, 3.8) is 0 Å². The Hall–Kier alpha value is -0.570. The molecule has 0 aromatic rings. The van der Waals surface area contributed by atoms with Crippen molar-refractivity contribution in [2.45, 2.75) is 71.9 Å². The second-order valence-corrected chi connectivity index (χ2v) is 7.54. The summed E-state index contributed by atoms with van der Waals surface area (Å²) in [5.74, 6) is 2.18. The fourth-order valence-electron chi connectivity index (χ4n) is 4.05. The SMILES string of the molecule is CC1CC(C)CC(NC2CCN(C(=O)C(C)C)CC2)C1. The molecular formula is C17H32N2O. The summed E-state index contributed by atoms with van der Waals surface area (Å²) in [6.45, 7) is 10.6. The maximum absolute atomic E-state index is 12.0. The Morgan fingerprint density at radius 3 is 2.05 bits per heavy atom. The zero-order chi connectivity index (χ0) is 14.7. The van der Waals surface area contributed by atoms with Gasteiger partial charge in [0.15, 0.2) is 0 Å². The zero-order valence-electron chi connectivity index (χ0n) is 13.7. The van der Waals surface area contributed by atoms with Crippen LogP contribution < -0.4 is 5.32 Å².